The molecular formula is C23H48N2O. The molecule has 1 saturated heterocycles. The first-order chi connectivity index (χ1) is 12.5. The molecule has 3 heteroatoms. The molecule has 0 amide bonds. The number of unbranched alkanes of at least 4 members (excludes halogenated alkanes) is 4. The molecular weight excluding hydrogens is 320 g/mol. The van der Waals surface area contributed by atoms with Crippen LogP contribution in [0.25, 0.3) is 0 Å². The summed E-state index contributed by atoms with van der Waals surface area (Å²) in [5, 5.41) is 13.8. The molecule has 0 bridgehead atoms. The molecule has 1 aliphatic heterocycles. The standard InChI is InChI=1S/C23H48N2O/c1-20(2)13-15-22(16-14-21(3)4)24-17-9-6-5-7-10-18-25-19-11-8-12-23(25)26/h20-24,26H,5-19H2,1-4H3. The van der Waals surface area contributed by atoms with E-state index in [2.05, 4.69) is 37.9 Å². The van der Waals surface area contributed by atoms with Crippen LogP contribution < -0.4 is 5.32 Å². The Morgan fingerprint density at radius 3 is 2.08 bits per heavy atom. The molecule has 0 aliphatic carbocycles. The van der Waals surface area contributed by atoms with Crippen molar-refractivity contribution in [3.8, 4) is 0 Å². The third kappa shape index (κ3) is 12.3. The molecule has 1 heterocycles. The minimum Gasteiger partial charge on any atom is -0.378 e. The molecule has 0 aromatic rings. The molecule has 3 nitrogen and oxygen atoms in total. The average molecular weight is 369 g/mol. The fourth-order valence-corrected chi connectivity index (χ4v) is 3.93. The summed E-state index contributed by atoms with van der Waals surface area (Å²) in [6.07, 6.45) is 15.2. The van der Waals surface area contributed by atoms with E-state index >= 15 is 0 Å². The zero-order valence-electron chi connectivity index (χ0n) is 18.3. The highest BCUT2D eigenvalue weighted by Crippen LogP contribution is 2.16. The van der Waals surface area contributed by atoms with Crippen LogP contribution in [-0.4, -0.2) is 41.9 Å². The molecule has 0 aromatic heterocycles. The van der Waals surface area contributed by atoms with Crippen LogP contribution in [0.2, 0.25) is 0 Å². The van der Waals surface area contributed by atoms with Crippen molar-refractivity contribution in [2.45, 2.75) is 117 Å². The summed E-state index contributed by atoms with van der Waals surface area (Å²) in [4.78, 5) is 2.28. The Bertz CT molecular complexity index is 307. The quantitative estimate of drug-likeness (QED) is 0.371. The number of aliphatic hydroxyl groups excluding tert-OH is 1. The van der Waals surface area contributed by atoms with Gasteiger partial charge in [-0.1, -0.05) is 47.0 Å². The molecule has 1 rings (SSSR count). The number of hydrogen-bond acceptors (Lipinski definition) is 3. The number of hydrogen-bond donors (Lipinski definition) is 2. The Balaban J connectivity index is 2.01. The van der Waals surface area contributed by atoms with E-state index in [1.807, 2.05) is 0 Å². The average Bonchev–Trinajstić information content (AvgIpc) is 2.60. The molecule has 26 heavy (non-hydrogen) atoms. The van der Waals surface area contributed by atoms with Crippen LogP contribution >= 0.6 is 0 Å². The summed E-state index contributed by atoms with van der Waals surface area (Å²) in [5.41, 5.74) is 0. The molecule has 2 N–H and O–H groups in total. The topological polar surface area (TPSA) is 35.5 Å². The highest BCUT2D eigenvalue weighted by atomic mass is 16.3. The van der Waals surface area contributed by atoms with Crippen LogP contribution in [0.3, 0.4) is 0 Å². The van der Waals surface area contributed by atoms with Gasteiger partial charge in [0.05, 0.1) is 0 Å². The maximum atomic E-state index is 9.97. The Hall–Kier alpha value is -0.120. The molecule has 1 aliphatic rings. The first kappa shape index (κ1) is 23.9. The smallest absolute Gasteiger partial charge is 0.107 e. The van der Waals surface area contributed by atoms with Gasteiger partial charge in [0.1, 0.15) is 6.23 Å². The van der Waals surface area contributed by atoms with E-state index < -0.39 is 0 Å². The Morgan fingerprint density at radius 2 is 1.46 bits per heavy atom. The highest BCUT2D eigenvalue weighted by molar-refractivity contribution is 4.70. The van der Waals surface area contributed by atoms with Crippen molar-refractivity contribution < 1.29 is 5.11 Å². The number of nitrogens with one attached hydrogen (secondary N) is 1. The maximum absolute atomic E-state index is 9.97. The van der Waals surface area contributed by atoms with Gasteiger partial charge in [-0.05, 0) is 76.2 Å². The summed E-state index contributed by atoms with van der Waals surface area (Å²) >= 11 is 0. The lowest BCUT2D eigenvalue weighted by Crippen LogP contribution is -2.39. The largest absolute Gasteiger partial charge is 0.378 e. The van der Waals surface area contributed by atoms with Crippen LogP contribution in [-0.2, 0) is 0 Å². The number of piperidine rings is 1. The number of likely N-dealkylation sites (tertiary alicyclic amines) is 1. The van der Waals surface area contributed by atoms with Gasteiger partial charge in [-0.3, -0.25) is 4.90 Å². The molecule has 1 fully saturated rings. The first-order valence-corrected chi connectivity index (χ1v) is 11.6. The van der Waals surface area contributed by atoms with E-state index in [-0.39, 0.29) is 6.23 Å². The molecule has 0 radical (unpaired) electrons. The fraction of sp³-hybridized carbons (Fsp3) is 1.00. The van der Waals surface area contributed by atoms with Gasteiger partial charge in [0, 0.05) is 19.1 Å². The molecule has 0 aromatic carbocycles. The van der Waals surface area contributed by atoms with Crippen LogP contribution in [0.15, 0.2) is 0 Å². The second-order valence-electron chi connectivity index (χ2n) is 9.37. The second-order valence-corrected chi connectivity index (χ2v) is 9.37. The van der Waals surface area contributed by atoms with Gasteiger partial charge < -0.3 is 10.4 Å². The molecule has 1 atom stereocenters. The van der Waals surface area contributed by atoms with Gasteiger partial charge in [0.25, 0.3) is 0 Å². The van der Waals surface area contributed by atoms with Crippen LogP contribution in [0.5, 0.6) is 0 Å². The number of nitrogens with zero attached hydrogens (tertiary/aromatic N) is 1. The maximum Gasteiger partial charge on any atom is 0.107 e. The molecule has 1 unspecified atom stereocenters. The Kier molecular flexibility index (Phi) is 13.7. The van der Waals surface area contributed by atoms with Crippen LogP contribution in [0.4, 0.5) is 0 Å². The fourth-order valence-electron chi connectivity index (χ4n) is 3.93. The third-order valence-electron chi connectivity index (χ3n) is 5.82. The normalized spacial score (nSPS) is 19.2. The lowest BCUT2D eigenvalue weighted by molar-refractivity contribution is -0.0243. The van der Waals surface area contributed by atoms with Gasteiger partial charge >= 0.3 is 0 Å². The van der Waals surface area contributed by atoms with Gasteiger partial charge in [-0.2, -0.15) is 0 Å². The van der Waals surface area contributed by atoms with Crippen LogP contribution in [0, 0.1) is 11.8 Å². The molecule has 0 saturated carbocycles. The van der Waals surface area contributed by atoms with Gasteiger partial charge in [-0.25, -0.2) is 0 Å². The summed E-state index contributed by atoms with van der Waals surface area (Å²) in [6, 6.07) is 0.723. The van der Waals surface area contributed by atoms with E-state index in [0.29, 0.717) is 0 Å². The first-order valence-electron chi connectivity index (χ1n) is 11.6. The van der Waals surface area contributed by atoms with E-state index in [4.69, 9.17) is 0 Å². The predicted molar refractivity (Wildman–Crippen MR) is 114 cm³/mol. The third-order valence-corrected chi connectivity index (χ3v) is 5.82. The summed E-state index contributed by atoms with van der Waals surface area (Å²) in [7, 11) is 0. The Labute approximate surface area is 164 Å². The van der Waals surface area contributed by atoms with Crippen LogP contribution in [0.1, 0.15) is 105 Å². The number of aliphatic hydroxyl groups is 1. The predicted octanol–water partition coefficient (Wildman–Crippen LogP) is 5.57. The SMILES string of the molecule is CC(C)CCC(CCC(C)C)NCCCCCCCN1CCCCC1O. The number of rotatable bonds is 15. The van der Waals surface area contributed by atoms with E-state index in [0.717, 1.165) is 37.4 Å². The van der Waals surface area contributed by atoms with E-state index in [1.54, 1.807) is 0 Å². The molecule has 0 spiro atoms. The highest BCUT2D eigenvalue weighted by Gasteiger charge is 2.18. The minimum atomic E-state index is -0.165. The summed E-state index contributed by atoms with van der Waals surface area (Å²) in [6.45, 7) is 12.7. The summed E-state index contributed by atoms with van der Waals surface area (Å²) < 4.78 is 0. The van der Waals surface area contributed by atoms with Gasteiger partial charge in [-0.15, -0.1) is 0 Å². The van der Waals surface area contributed by atoms with Crippen molar-refractivity contribution in [3.63, 3.8) is 0 Å². The van der Waals surface area contributed by atoms with Crippen molar-refractivity contribution in [1.82, 2.24) is 10.2 Å². The second kappa shape index (κ2) is 14.9. The summed E-state index contributed by atoms with van der Waals surface area (Å²) in [5.74, 6) is 1.63. The van der Waals surface area contributed by atoms with Gasteiger partial charge in [0.2, 0.25) is 0 Å². The van der Waals surface area contributed by atoms with Crippen molar-refractivity contribution >= 4 is 0 Å². The monoisotopic (exact) mass is 368 g/mol. The lowest BCUT2D eigenvalue weighted by atomic mass is 9.96. The van der Waals surface area contributed by atoms with Gasteiger partial charge in [0.15, 0.2) is 0 Å². The zero-order chi connectivity index (χ0) is 19.2. The minimum absolute atomic E-state index is 0.165. The lowest BCUT2D eigenvalue weighted by Gasteiger charge is -2.31. The molecule has 156 valence electrons. The zero-order valence-corrected chi connectivity index (χ0v) is 18.3. The van der Waals surface area contributed by atoms with Crippen molar-refractivity contribution in [1.29, 1.82) is 0 Å². The Morgan fingerprint density at radius 1 is 0.846 bits per heavy atom. The van der Waals surface area contributed by atoms with E-state index in [9.17, 15) is 5.11 Å². The van der Waals surface area contributed by atoms with Crippen molar-refractivity contribution in [3.05, 3.63) is 0 Å². The van der Waals surface area contributed by atoms with Crippen molar-refractivity contribution in [2.75, 3.05) is 19.6 Å². The van der Waals surface area contributed by atoms with Crippen molar-refractivity contribution in [2.24, 2.45) is 11.8 Å². The van der Waals surface area contributed by atoms with E-state index in [1.165, 1.54) is 77.2 Å².